The van der Waals surface area contributed by atoms with Gasteiger partial charge in [0.2, 0.25) is 11.8 Å². The minimum absolute atomic E-state index is 0.0770. The molecule has 1 aromatic heterocycles. The van der Waals surface area contributed by atoms with E-state index in [0.717, 1.165) is 47.7 Å². The number of para-hydroxylation sites is 3. The molecular weight excluding hydrogens is 432 g/mol. The van der Waals surface area contributed by atoms with E-state index >= 15 is 0 Å². The molecule has 2 aromatic carbocycles. The Kier molecular flexibility index (Phi) is 6.15. The Morgan fingerprint density at radius 1 is 1.00 bits per heavy atom. The predicted molar refractivity (Wildman–Crippen MR) is 133 cm³/mol. The number of imidazole rings is 1. The highest BCUT2D eigenvalue weighted by atomic mass is 32.2. The molecule has 3 heterocycles. The lowest BCUT2D eigenvalue weighted by Crippen LogP contribution is -2.48. The van der Waals surface area contributed by atoms with E-state index in [0.29, 0.717) is 5.75 Å². The molecule has 2 aliphatic rings. The summed E-state index contributed by atoms with van der Waals surface area (Å²) in [6, 6.07) is 16.5. The van der Waals surface area contributed by atoms with Gasteiger partial charge in [-0.2, -0.15) is 0 Å². The van der Waals surface area contributed by atoms with E-state index in [1.807, 2.05) is 56.8 Å². The molecule has 2 atom stereocenters. The molecule has 6 nitrogen and oxygen atoms in total. The fourth-order valence-corrected chi connectivity index (χ4v) is 6.14. The van der Waals surface area contributed by atoms with E-state index in [1.54, 1.807) is 0 Å². The highest BCUT2D eigenvalue weighted by Gasteiger charge is 2.30. The van der Waals surface area contributed by atoms with Crippen LogP contribution in [0.3, 0.4) is 0 Å². The average molecular weight is 463 g/mol. The fraction of sp³-hybridized carbons (Fsp3) is 0.423. The quantitative estimate of drug-likeness (QED) is 0.524. The van der Waals surface area contributed by atoms with E-state index in [2.05, 4.69) is 19.9 Å². The lowest BCUT2D eigenvalue weighted by molar-refractivity contribution is -0.138. The number of carbonyl (C=O) groups excluding carboxylic acids is 2. The second-order valence-corrected chi connectivity index (χ2v) is 10.1. The van der Waals surface area contributed by atoms with Gasteiger partial charge in [0.1, 0.15) is 6.54 Å². The fourth-order valence-electron chi connectivity index (χ4n) is 5.25. The number of anilines is 1. The first-order valence-corrected chi connectivity index (χ1v) is 12.8. The normalized spacial score (nSPS) is 20.3. The Hall–Kier alpha value is -2.80. The summed E-state index contributed by atoms with van der Waals surface area (Å²) in [5, 5.41) is 0.725. The van der Waals surface area contributed by atoms with Crippen LogP contribution in [0.2, 0.25) is 0 Å². The van der Waals surface area contributed by atoms with Crippen molar-refractivity contribution in [3.8, 4) is 0 Å². The molecule has 2 aliphatic heterocycles. The Morgan fingerprint density at radius 3 is 2.55 bits per heavy atom. The van der Waals surface area contributed by atoms with Gasteiger partial charge < -0.3 is 14.4 Å². The summed E-state index contributed by atoms with van der Waals surface area (Å²) >= 11 is 1.42. The van der Waals surface area contributed by atoms with Crippen LogP contribution in [0.15, 0.2) is 53.7 Å². The monoisotopic (exact) mass is 462 g/mol. The highest BCUT2D eigenvalue weighted by Crippen LogP contribution is 2.30. The molecule has 1 fully saturated rings. The van der Waals surface area contributed by atoms with Crippen LogP contribution in [0.1, 0.15) is 38.7 Å². The minimum Gasteiger partial charge on any atom is -0.336 e. The number of benzene rings is 2. The molecule has 5 rings (SSSR count). The van der Waals surface area contributed by atoms with Crippen molar-refractivity contribution < 1.29 is 9.59 Å². The maximum Gasteiger partial charge on any atom is 0.243 e. The summed E-state index contributed by atoms with van der Waals surface area (Å²) in [6.07, 6.45) is 4.16. The zero-order chi connectivity index (χ0) is 22.9. The summed E-state index contributed by atoms with van der Waals surface area (Å²) in [5.41, 5.74) is 4.02. The minimum atomic E-state index is 0.0770. The molecule has 0 aliphatic carbocycles. The molecule has 3 aromatic rings. The standard InChI is InChI=1S/C26H30N4O2S/c1-18-8-7-9-19(2)30(18)24(31)16-29-23-13-6-4-11-21(23)27-26(29)33-17-25(32)28-15-14-20-10-3-5-12-22(20)28/h3-6,10-13,18-19H,7-9,14-17H2,1-2H3. The number of piperidine rings is 1. The summed E-state index contributed by atoms with van der Waals surface area (Å²) in [5.74, 6) is 0.496. The number of carbonyl (C=O) groups is 2. The van der Waals surface area contributed by atoms with Gasteiger partial charge in [-0.3, -0.25) is 9.59 Å². The van der Waals surface area contributed by atoms with Crippen LogP contribution in [0.5, 0.6) is 0 Å². The smallest absolute Gasteiger partial charge is 0.243 e. The third kappa shape index (κ3) is 4.26. The molecule has 0 radical (unpaired) electrons. The van der Waals surface area contributed by atoms with Gasteiger partial charge in [0.15, 0.2) is 5.16 Å². The Balaban J connectivity index is 1.36. The number of aromatic nitrogens is 2. The van der Waals surface area contributed by atoms with Crippen LogP contribution >= 0.6 is 11.8 Å². The topological polar surface area (TPSA) is 58.4 Å². The van der Waals surface area contributed by atoms with Crippen molar-refractivity contribution >= 4 is 40.3 Å². The average Bonchev–Trinajstić information content (AvgIpc) is 3.39. The van der Waals surface area contributed by atoms with Crippen molar-refractivity contribution in [1.82, 2.24) is 14.5 Å². The van der Waals surface area contributed by atoms with Crippen molar-refractivity contribution in [3.05, 3.63) is 54.1 Å². The molecular formula is C26H30N4O2S. The Morgan fingerprint density at radius 2 is 1.73 bits per heavy atom. The number of thioether (sulfide) groups is 1. The first kappa shape index (κ1) is 22.0. The van der Waals surface area contributed by atoms with E-state index in [9.17, 15) is 9.59 Å². The van der Waals surface area contributed by atoms with Crippen LogP contribution < -0.4 is 4.90 Å². The van der Waals surface area contributed by atoms with E-state index in [-0.39, 0.29) is 30.4 Å². The number of likely N-dealkylation sites (tertiary alicyclic amines) is 1. The van der Waals surface area contributed by atoms with Gasteiger partial charge in [-0.25, -0.2) is 4.98 Å². The summed E-state index contributed by atoms with van der Waals surface area (Å²) in [7, 11) is 0. The highest BCUT2D eigenvalue weighted by molar-refractivity contribution is 7.99. The van der Waals surface area contributed by atoms with Crippen LogP contribution in [-0.2, 0) is 22.6 Å². The SMILES string of the molecule is CC1CCCC(C)N1C(=O)Cn1c(SCC(=O)N2CCc3ccccc32)nc2ccccc21. The van der Waals surface area contributed by atoms with Gasteiger partial charge in [0, 0.05) is 24.3 Å². The lowest BCUT2D eigenvalue weighted by Gasteiger charge is -2.39. The number of fused-ring (bicyclic) bond motifs is 2. The molecule has 0 saturated carbocycles. The number of hydrogen-bond acceptors (Lipinski definition) is 4. The zero-order valence-electron chi connectivity index (χ0n) is 19.2. The molecule has 2 amide bonds. The second-order valence-electron chi connectivity index (χ2n) is 9.11. The number of amides is 2. The molecule has 1 saturated heterocycles. The van der Waals surface area contributed by atoms with Gasteiger partial charge >= 0.3 is 0 Å². The van der Waals surface area contributed by atoms with E-state index < -0.39 is 0 Å². The first-order valence-electron chi connectivity index (χ1n) is 11.8. The van der Waals surface area contributed by atoms with Crippen LogP contribution in [0.25, 0.3) is 11.0 Å². The largest absolute Gasteiger partial charge is 0.336 e. The van der Waals surface area contributed by atoms with Crippen molar-refractivity contribution in [3.63, 3.8) is 0 Å². The van der Waals surface area contributed by atoms with E-state index in [1.165, 1.54) is 23.7 Å². The van der Waals surface area contributed by atoms with E-state index in [4.69, 9.17) is 4.98 Å². The van der Waals surface area contributed by atoms with Gasteiger partial charge in [-0.05, 0) is 63.3 Å². The van der Waals surface area contributed by atoms with Gasteiger partial charge in [0.25, 0.3) is 0 Å². The van der Waals surface area contributed by atoms with Crippen LogP contribution in [0, 0.1) is 0 Å². The van der Waals surface area contributed by atoms with Crippen molar-refractivity contribution in [2.45, 2.75) is 63.3 Å². The summed E-state index contributed by atoms with van der Waals surface area (Å²) < 4.78 is 1.99. The van der Waals surface area contributed by atoms with Crippen LogP contribution in [-0.4, -0.2) is 50.6 Å². The molecule has 0 N–H and O–H groups in total. The van der Waals surface area contributed by atoms with Gasteiger partial charge in [0.05, 0.1) is 16.8 Å². The number of nitrogens with zero attached hydrogens (tertiary/aromatic N) is 4. The van der Waals surface area contributed by atoms with Crippen LogP contribution in [0.4, 0.5) is 5.69 Å². The molecule has 0 spiro atoms. The summed E-state index contributed by atoms with van der Waals surface area (Å²) in [6.45, 7) is 5.25. The molecule has 7 heteroatoms. The number of rotatable bonds is 5. The first-order chi connectivity index (χ1) is 16.0. The molecule has 0 bridgehead atoms. The molecule has 172 valence electrons. The number of hydrogen-bond donors (Lipinski definition) is 0. The Bertz CT molecular complexity index is 1180. The van der Waals surface area contributed by atoms with Crippen molar-refractivity contribution in [1.29, 1.82) is 0 Å². The third-order valence-electron chi connectivity index (χ3n) is 6.91. The Labute approximate surface area is 199 Å². The van der Waals surface area contributed by atoms with Crippen molar-refractivity contribution in [2.24, 2.45) is 0 Å². The second kappa shape index (κ2) is 9.21. The maximum absolute atomic E-state index is 13.4. The zero-order valence-corrected chi connectivity index (χ0v) is 20.1. The van der Waals surface area contributed by atoms with Crippen molar-refractivity contribution in [2.75, 3.05) is 17.2 Å². The van der Waals surface area contributed by atoms with Gasteiger partial charge in [-0.15, -0.1) is 0 Å². The molecule has 33 heavy (non-hydrogen) atoms. The predicted octanol–water partition coefficient (Wildman–Crippen LogP) is 4.51. The lowest BCUT2D eigenvalue weighted by atomic mass is 9.97. The maximum atomic E-state index is 13.4. The third-order valence-corrected chi connectivity index (χ3v) is 7.87. The van der Waals surface area contributed by atoms with Gasteiger partial charge in [-0.1, -0.05) is 42.1 Å². The summed E-state index contributed by atoms with van der Waals surface area (Å²) in [4.78, 5) is 35.1. The molecule has 2 unspecified atom stereocenters.